The number of benzene rings is 2. The largest absolute Gasteiger partial charge is 0.346 e. The number of hydrogen-bond acceptors (Lipinski definition) is 3. The highest BCUT2D eigenvalue weighted by Crippen LogP contribution is 2.29. The van der Waals surface area contributed by atoms with Gasteiger partial charge in [0.1, 0.15) is 5.82 Å². The molecule has 6 heteroatoms. The molecule has 4 rings (SSSR count). The number of aromatic amines is 1. The number of rotatable bonds is 7. The van der Waals surface area contributed by atoms with Gasteiger partial charge in [0.15, 0.2) is 0 Å². The van der Waals surface area contributed by atoms with E-state index in [9.17, 15) is 4.79 Å². The Kier molecular flexibility index (Phi) is 7.20. The maximum absolute atomic E-state index is 13.1. The standard InChI is InChI=1S/C25H29BrN4O/c26-21-8-4-7-20(14-21)23-16-28-24(29-23)22(13-17-5-2-1-3-6-17)30-25(31)19-11-9-18(15-27)10-12-19/h1-8,14,16,18-19,22H,9-13,15,27H2,(H,28,29)(H,30,31)/t18-,19-,22-/m0/s1. The molecule has 162 valence electrons. The van der Waals surface area contributed by atoms with E-state index in [1.54, 1.807) is 0 Å². The molecule has 1 heterocycles. The molecule has 0 spiro atoms. The van der Waals surface area contributed by atoms with Crippen molar-refractivity contribution in [1.29, 1.82) is 0 Å². The van der Waals surface area contributed by atoms with Gasteiger partial charge in [-0.1, -0.05) is 58.4 Å². The average Bonchev–Trinajstić information content (AvgIpc) is 3.30. The molecule has 5 nitrogen and oxygen atoms in total. The van der Waals surface area contributed by atoms with Crippen LogP contribution in [0.3, 0.4) is 0 Å². The lowest BCUT2D eigenvalue weighted by atomic mass is 9.81. The normalized spacial score (nSPS) is 19.7. The van der Waals surface area contributed by atoms with Crippen molar-refractivity contribution < 1.29 is 4.79 Å². The third-order valence-corrected chi connectivity index (χ3v) is 6.69. The quantitative estimate of drug-likeness (QED) is 0.444. The van der Waals surface area contributed by atoms with Gasteiger partial charge in [0.2, 0.25) is 5.91 Å². The second-order valence-electron chi connectivity index (χ2n) is 8.39. The number of nitrogens with zero attached hydrogens (tertiary/aromatic N) is 1. The smallest absolute Gasteiger partial charge is 0.223 e. The van der Waals surface area contributed by atoms with E-state index >= 15 is 0 Å². The first kappa shape index (κ1) is 21.8. The number of nitrogens with two attached hydrogens (primary N) is 1. The Morgan fingerprint density at radius 2 is 1.90 bits per heavy atom. The Labute approximate surface area is 192 Å². The van der Waals surface area contributed by atoms with Gasteiger partial charge >= 0.3 is 0 Å². The highest BCUT2D eigenvalue weighted by molar-refractivity contribution is 9.10. The summed E-state index contributed by atoms with van der Waals surface area (Å²) < 4.78 is 1.01. The molecule has 1 saturated carbocycles. The third kappa shape index (κ3) is 5.63. The van der Waals surface area contributed by atoms with Crippen molar-refractivity contribution in [3.63, 3.8) is 0 Å². The molecule has 3 aromatic rings. The van der Waals surface area contributed by atoms with Gasteiger partial charge in [0.25, 0.3) is 0 Å². The molecular weight excluding hydrogens is 452 g/mol. The van der Waals surface area contributed by atoms with Crippen molar-refractivity contribution in [3.05, 3.63) is 76.7 Å². The van der Waals surface area contributed by atoms with E-state index in [4.69, 9.17) is 10.7 Å². The Bertz CT molecular complexity index is 996. The lowest BCUT2D eigenvalue weighted by Crippen LogP contribution is -2.37. The van der Waals surface area contributed by atoms with Gasteiger partial charge in [-0.3, -0.25) is 4.79 Å². The number of carbonyl (C=O) groups is 1. The van der Waals surface area contributed by atoms with Crippen molar-refractivity contribution in [3.8, 4) is 11.3 Å². The first-order valence-electron chi connectivity index (χ1n) is 11.0. The maximum atomic E-state index is 13.1. The summed E-state index contributed by atoms with van der Waals surface area (Å²) in [5, 5.41) is 3.29. The predicted octanol–water partition coefficient (Wildman–Crippen LogP) is 5.00. The monoisotopic (exact) mass is 480 g/mol. The zero-order chi connectivity index (χ0) is 21.6. The van der Waals surface area contributed by atoms with E-state index in [2.05, 4.69) is 38.4 Å². The Balaban J connectivity index is 1.53. The van der Waals surface area contributed by atoms with Crippen LogP contribution in [-0.4, -0.2) is 22.4 Å². The fourth-order valence-electron chi connectivity index (χ4n) is 4.33. The van der Waals surface area contributed by atoms with E-state index < -0.39 is 0 Å². The van der Waals surface area contributed by atoms with Gasteiger partial charge in [0.05, 0.1) is 11.7 Å². The molecule has 31 heavy (non-hydrogen) atoms. The molecule has 0 radical (unpaired) electrons. The number of hydrogen-bond donors (Lipinski definition) is 3. The molecule has 0 saturated heterocycles. The summed E-state index contributed by atoms with van der Waals surface area (Å²) >= 11 is 3.52. The molecule has 1 aliphatic rings. The maximum Gasteiger partial charge on any atom is 0.223 e. The summed E-state index contributed by atoms with van der Waals surface area (Å²) in [6.07, 6.45) is 6.49. The SMILES string of the molecule is NC[C@H]1CC[C@H](C(=O)N[C@@H](Cc2ccccc2)c2nc(-c3cccc(Br)c3)c[nH]2)CC1. The molecule has 1 aromatic heterocycles. The van der Waals surface area contributed by atoms with Gasteiger partial charge in [-0.2, -0.15) is 0 Å². The molecular formula is C25H29BrN4O. The summed E-state index contributed by atoms with van der Waals surface area (Å²) in [4.78, 5) is 21.2. The fourth-order valence-corrected chi connectivity index (χ4v) is 4.73. The highest BCUT2D eigenvalue weighted by atomic mass is 79.9. The Morgan fingerprint density at radius 3 is 2.61 bits per heavy atom. The number of halogens is 1. The minimum atomic E-state index is -0.206. The molecule has 1 fully saturated rings. The number of amides is 1. The van der Waals surface area contributed by atoms with Crippen LogP contribution in [0.5, 0.6) is 0 Å². The Hall–Kier alpha value is -2.44. The molecule has 2 aromatic carbocycles. The van der Waals surface area contributed by atoms with Gasteiger partial charge < -0.3 is 16.0 Å². The average molecular weight is 481 g/mol. The fraction of sp³-hybridized carbons (Fsp3) is 0.360. The zero-order valence-electron chi connectivity index (χ0n) is 17.6. The summed E-state index contributed by atoms with van der Waals surface area (Å²) in [5.74, 6) is 1.52. The van der Waals surface area contributed by atoms with E-state index in [-0.39, 0.29) is 17.9 Å². The van der Waals surface area contributed by atoms with Crippen LogP contribution in [0.25, 0.3) is 11.3 Å². The van der Waals surface area contributed by atoms with Crippen molar-refractivity contribution in [2.75, 3.05) is 6.54 Å². The van der Waals surface area contributed by atoms with E-state index in [1.807, 2.05) is 48.7 Å². The summed E-state index contributed by atoms with van der Waals surface area (Å²) in [7, 11) is 0. The second-order valence-corrected chi connectivity index (χ2v) is 9.30. The van der Waals surface area contributed by atoms with Crippen LogP contribution in [-0.2, 0) is 11.2 Å². The third-order valence-electron chi connectivity index (χ3n) is 6.20. The molecule has 4 N–H and O–H groups in total. The topological polar surface area (TPSA) is 83.8 Å². The van der Waals surface area contributed by atoms with Gasteiger partial charge in [0, 0.05) is 22.2 Å². The van der Waals surface area contributed by atoms with Crippen molar-refractivity contribution in [2.45, 2.75) is 38.1 Å². The van der Waals surface area contributed by atoms with Crippen molar-refractivity contribution in [1.82, 2.24) is 15.3 Å². The molecule has 0 bridgehead atoms. The molecule has 0 unspecified atom stereocenters. The van der Waals surface area contributed by atoms with Crippen LogP contribution in [0.1, 0.15) is 43.1 Å². The predicted molar refractivity (Wildman–Crippen MR) is 127 cm³/mol. The molecule has 1 amide bonds. The van der Waals surface area contributed by atoms with E-state index in [0.717, 1.165) is 53.8 Å². The molecule has 1 atom stereocenters. The van der Waals surface area contributed by atoms with E-state index in [0.29, 0.717) is 12.3 Å². The van der Waals surface area contributed by atoms with Gasteiger partial charge in [-0.25, -0.2) is 4.98 Å². The number of aromatic nitrogens is 2. The van der Waals surface area contributed by atoms with Gasteiger partial charge in [-0.05, 0) is 62.3 Å². The summed E-state index contributed by atoms with van der Waals surface area (Å²) in [6.45, 7) is 0.718. The van der Waals surface area contributed by atoms with E-state index in [1.165, 1.54) is 5.56 Å². The molecule has 1 aliphatic carbocycles. The van der Waals surface area contributed by atoms with Crippen molar-refractivity contribution in [2.24, 2.45) is 17.6 Å². The minimum absolute atomic E-state index is 0.0561. The lowest BCUT2D eigenvalue weighted by molar-refractivity contribution is -0.127. The highest BCUT2D eigenvalue weighted by Gasteiger charge is 2.28. The van der Waals surface area contributed by atoms with Crippen LogP contribution in [0, 0.1) is 11.8 Å². The summed E-state index contributed by atoms with van der Waals surface area (Å²) in [6, 6.07) is 18.1. The lowest BCUT2D eigenvalue weighted by Gasteiger charge is -2.28. The minimum Gasteiger partial charge on any atom is -0.346 e. The zero-order valence-corrected chi connectivity index (χ0v) is 19.1. The van der Waals surface area contributed by atoms with Crippen LogP contribution < -0.4 is 11.1 Å². The number of H-pyrrole nitrogens is 1. The first-order valence-corrected chi connectivity index (χ1v) is 11.8. The first-order chi connectivity index (χ1) is 15.1. The van der Waals surface area contributed by atoms with Gasteiger partial charge in [-0.15, -0.1) is 0 Å². The van der Waals surface area contributed by atoms with Crippen LogP contribution in [0.2, 0.25) is 0 Å². The Morgan fingerprint density at radius 1 is 1.13 bits per heavy atom. The number of imidazole rings is 1. The number of nitrogens with one attached hydrogen (secondary N) is 2. The number of carbonyl (C=O) groups excluding carboxylic acids is 1. The van der Waals surface area contributed by atoms with Crippen LogP contribution in [0.4, 0.5) is 0 Å². The molecule has 0 aliphatic heterocycles. The van der Waals surface area contributed by atoms with Crippen LogP contribution >= 0.6 is 15.9 Å². The summed E-state index contributed by atoms with van der Waals surface area (Å²) in [5.41, 5.74) is 8.87. The second kappa shape index (κ2) is 10.2. The van der Waals surface area contributed by atoms with Crippen molar-refractivity contribution >= 4 is 21.8 Å². The van der Waals surface area contributed by atoms with Crippen LogP contribution in [0.15, 0.2) is 65.3 Å².